The largest absolute Gasteiger partial charge is 0.492 e. The Morgan fingerprint density at radius 2 is 1.89 bits per heavy atom. The third-order valence-electron chi connectivity index (χ3n) is 2.80. The van der Waals surface area contributed by atoms with E-state index in [2.05, 4.69) is 62.5 Å². The molecule has 0 saturated heterocycles. The van der Waals surface area contributed by atoms with Gasteiger partial charge in [-0.1, -0.05) is 6.92 Å². The Labute approximate surface area is 137 Å². The minimum Gasteiger partial charge on any atom is -0.492 e. The molecule has 1 rings (SSSR count). The van der Waals surface area contributed by atoms with Gasteiger partial charge in [0.2, 0.25) is 0 Å². The monoisotopic (exact) mass is 409 g/mol. The Morgan fingerprint density at radius 3 is 2.37 bits per heavy atom. The smallest absolute Gasteiger partial charge is 0.147 e. The lowest BCUT2D eigenvalue weighted by molar-refractivity contribution is 0.336. The van der Waals surface area contributed by atoms with Gasteiger partial charge in [0.15, 0.2) is 0 Å². The summed E-state index contributed by atoms with van der Waals surface area (Å²) in [6.07, 6.45) is 3.30. The van der Waals surface area contributed by atoms with Crippen LogP contribution in [0.5, 0.6) is 5.75 Å². The summed E-state index contributed by atoms with van der Waals surface area (Å²) in [5.41, 5.74) is 1.25. The maximum Gasteiger partial charge on any atom is 0.147 e. The normalized spacial score (nSPS) is 12.5. The van der Waals surface area contributed by atoms with E-state index in [9.17, 15) is 0 Å². The van der Waals surface area contributed by atoms with Crippen LogP contribution in [0.25, 0.3) is 0 Å². The molecule has 1 atom stereocenters. The average Bonchev–Trinajstić information content (AvgIpc) is 2.38. The molecular weight excluding hydrogens is 390 g/mol. The lowest BCUT2D eigenvalue weighted by Crippen LogP contribution is -2.30. The van der Waals surface area contributed by atoms with Crippen LogP contribution in [0.4, 0.5) is 0 Å². The van der Waals surface area contributed by atoms with E-state index in [1.165, 1.54) is 5.56 Å². The van der Waals surface area contributed by atoms with Gasteiger partial charge in [-0.25, -0.2) is 0 Å². The number of rotatable bonds is 8. The van der Waals surface area contributed by atoms with Crippen molar-refractivity contribution in [1.29, 1.82) is 0 Å². The van der Waals surface area contributed by atoms with Gasteiger partial charge >= 0.3 is 0 Å². The summed E-state index contributed by atoms with van der Waals surface area (Å²) in [4.78, 5) is 0. The summed E-state index contributed by atoms with van der Waals surface area (Å²) in [6, 6.07) is 4.81. The summed E-state index contributed by atoms with van der Waals surface area (Å²) < 4.78 is 7.59. The number of thioether (sulfide) groups is 1. The van der Waals surface area contributed by atoms with Gasteiger partial charge in [-0.2, -0.15) is 11.8 Å². The molecule has 0 fully saturated rings. The highest BCUT2D eigenvalue weighted by Crippen LogP contribution is 2.34. The van der Waals surface area contributed by atoms with Gasteiger partial charge in [-0.3, -0.25) is 0 Å². The topological polar surface area (TPSA) is 21.3 Å². The van der Waals surface area contributed by atoms with Crippen molar-refractivity contribution in [3.63, 3.8) is 0 Å². The highest BCUT2D eigenvalue weighted by molar-refractivity contribution is 9.11. The van der Waals surface area contributed by atoms with Gasteiger partial charge in [0.25, 0.3) is 0 Å². The van der Waals surface area contributed by atoms with E-state index < -0.39 is 0 Å². The van der Waals surface area contributed by atoms with E-state index in [0.29, 0.717) is 12.6 Å². The highest BCUT2D eigenvalue weighted by Gasteiger charge is 2.10. The third-order valence-corrected chi connectivity index (χ3v) is 4.72. The second-order valence-corrected chi connectivity index (χ2v) is 6.88. The SMILES string of the molecule is CCOc1c(Br)cc(CNC(CC)CSC)cc1Br. The molecule has 0 radical (unpaired) electrons. The molecule has 1 unspecified atom stereocenters. The molecule has 0 aliphatic rings. The molecule has 5 heteroatoms. The van der Waals surface area contributed by atoms with Gasteiger partial charge in [-0.05, 0) is 69.2 Å². The summed E-state index contributed by atoms with van der Waals surface area (Å²) in [7, 11) is 0. The van der Waals surface area contributed by atoms with Crippen LogP contribution in [0.15, 0.2) is 21.1 Å². The fourth-order valence-electron chi connectivity index (χ4n) is 1.78. The first-order chi connectivity index (χ1) is 9.12. The summed E-state index contributed by atoms with van der Waals surface area (Å²) >= 11 is 9.02. The van der Waals surface area contributed by atoms with Crippen LogP contribution < -0.4 is 10.1 Å². The van der Waals surface area contributed by atoms with Gasteiger partial charge in [0.1, 0.15) is 5.75 Å². The minimum atomic E-state index is 0.569. The minimum absolute atomic E-state index is 0.569. The molecule has 0 aliphatic heterocycles. The van der Waals surface area contributed by atoms with Crippen LogP contribution in [0.3, 0.4) is 0 Å². The van der Waals surface area contributed by atoms with Crippen molar-refractivity contribution in [2.45, 2.75) is 32.9 Å². The molecule has 108 valence electrons. The van der Waals surface area contributed by atoms with Crippen molar-refractivity contribution in [3.8, 4) is 5.75 Å². The van der Waals surface area contributed by atoms with E-state index in [-0.39, 0.29) is 0 Å². The molecule has 2 nitrogen and oxygen atoms in total. The fraction of sp³-hybridized carbons (Fsp3) is 0.571. The van der Waals surface area contributed by atoms with Gasteiger partial charge in [0.05, 0.1) is 15.6 Å². The van der Waals surface area contributed by atoms with Crippen molar-refractivity contribution < 1.29 is 4.74 Å². The van der Waals surface area contributed by atoms with Crippen molar-refractivity contribution in [2.75, 3.05) is 18.6 Å². The van der Waals surface area contributed by atoms with Crippen molar-refractivity contribution >= 4 is 43.6 Å². The molecule has 0 aliphatic carbocycles. The number of nitrogens with one attached hydrogen (secondary N) is 1. The standard InChI is InChI=1S/C14H21Br2NOS/c1-4-11(9-19-3)17-8-10-6-12(15)14(18-5-2)13(16)7-10/h6-7,11,17H,4-5,8-9H2,1-3H3. The second kappa shape index (κ2) is 9.27. The molecule has 0 saturated carbocycles. The highest BCUT2D eigenvalue weighted by atomic mass is 79.9. The molecule has 0 bridgehead atoms. The average molecular weight is 411 g/mol. The van der Waals surface area contributed by atoms with E-state index in [0.717, 1.165) is 33.4 Å². The number of ether oxygens (including phenoxy) is 1. The predicted molar refractivity (Wildman–Crippen MR) is 92.3 cm³/mol. The fourth-order valence-corrected chi connectivity index (χ4v) is 4.05. The van der Waals surface area contributed by atoms with Gasteiger partial charge < -0.3 is 10.1 Å². The Morgan fingerprint density at radius 1 is 1.26 bits per heavy atom. The molecule has 0 spiro atoms. The molecule has 0 aromatic heterocycles. The van der Waals surface area contributed by atoms with Gasteiger partial charge in [-0.15, -0.1) is 0 Å². The molecule has 0 heterocycles. The zero-order valence-corrected chi connectivity index (χ0v) is 15.6. The van der Waals surface area contributed by atoms with Crippen molar-refractivity contribution in [1.82, 2.24) is 5.32 Å². The zero-order valence-electron chi connectivity index (χ0n) is 11.6. The zero-order chi connectivity index (χ0) is 14.3. The third kappa shape index (κ3) is 5.66. The lowest BCUT2D eigenvalue weighted by Gasteiger charge is -2.17. The molecule has 1 aromatic rings. The maximum absolute atomic E-state index is 5.59. The summed E-state index contributed by atoms with van der Waals surface area (Å²) in [5.74, 6) is 2.03. The number of hydrogen-bond acceptors (Lipinski definition) is 3. The van der Waals surface area contributed by atoms with Gasteiger partial charge in [0, 0.05) is 18.3 Å². The van der Waals surface area contributed by atoms with Crippen LogP contribution >= 0.6 is 43.6 Å². The predicted octanol–water partition coefficient (Wildman–Crippen LogP) is 4.84. The van der Waals surface area contributed by atoms with Crippen LogP contribution in [-0.4, -0.2) is 24.7 Å². The number of halogens is 2. The second-order valence-electron chi connectivity index (χ2n) is 4.26. The van der Waals surface area contributed by atoms with Crippen LogP contribution in [-0.2, 0) is 6.54 Å². The number of benzene rings is 1. The van der Waals surface area contributed by atoms with E-state index >= 15 is 0 Å². The first-order valence-corrected chi connectivity index (χ1v) is 9.43. The van der Waals surface area contributed by atoms with Crippen LogP contribution in [0.2, 0.25) is 0 Å². The number of hydrogen-bond donors (Lipinski definition) is 1. The maximum atomic E-state index is 5.59. The van der Waals surface area contributed by atoms with Crippen molar-refractivity contribution in [2.24, 2.45) is 0 Å². The van der Waals surface area contributed by atoms with E-state index in [1.54, 1.807) is 0 Å². The molecule has 19 heavy (non-hydrogen) atoms. The van der Waals surface area contributed by atoms with E-state index in [4.69, 9.17) is 4.74 Å². The quantitative estimate of drug-likeness (QED) is 0.662. The molecule has 1 N–H and O–H groups in total. The van der Waals surface area contributed by atoms with Crippen molar-refractivity contribution in [3.05, 3.63) is 26.6 Å². The first kappa shape index (κ1) is 17.3. The Balaban J connectivity index is 2.69. The summed E-state index contributed by atoms with van der Waals surface area (Å²) in [5, 5.41) is 3.59. The summed E-state index contributed by atoms with van der Waals surface area (Å²) in [6.45, 7) is 5.75. The molecule has 1 aromatic carbocycles. The Bertz CT molecular complexity index is 378. The van der Waals surface area contributed by atoms with Crippen LogP contribution in [0.1, 0.15) is 25.8 Å². The molecular formula is C14H21Br2NOS. The molecule has 0 amide bonds. The first-order valence-electron chi connectivity index (χ1n) is 6.45. The Kier molecular flexibility index (Phi) is 8.46. The Hall–Kier alpha value is 0.290. The van der Waals surface area contributed by atoms with Crippen LogP contribution in [0, 0.1) is 0 Å². The van der Waals surface area contributed by atoms with E-state index in [1.807, 2.05) is 18.7 Å². The lowest BCUT2D eigenvalue weighted by atomic mass is 10.2.